The third-order valence-electron chi connectivity index (χ3n) is 5.48. The van der Waals surface area contributed by atoms with Crippen LogP contribution in [0.4, 0.5) is 5.82 Å². The van der Waals surface area contributed by atoms with Crippen LogP contribution >= 0.6 is 11.3 Å². The number of para-hydroxylation sites is 1. The van der Waals surface area contributed by atoms with E-state index in [-0.39, 0.29) is 6.04 Å². The Labute approximate surface area is 172 Å². The molecule has 1 saturated heterocycles. The number of hydrogen-bond acceptors (Lipinski definition) is 5. The highest BCUT2D eigenvalue weighted by Crippen LogP contribution is 2.36. The third kappa shape index (κ3) is 3.25. The van der Waals surface area contributed by atoms with E-state index in [1.54, 1.807) is 17.5 Å². The number of thiazole rings is 1. The summed E-state index contributed by atoms with van der Waals surface area (Å²) in [6.45, 7) is 0.823. The number of nitrogens with two attached hydrogens (primary N) is 1. The molecule has 144 valence electrons. The molecule has 0 radical (unpaired) electrons. The van der Waals surface area contributed by atoms with Gasteiger partial charge in [-0.2, -0.15) is 0 Å². The maximum absolute atomic E-state index is 11.4. The average Bonchev–Trinajstić information content (AvgIpc) is 3.41. The Bertz CT molecular complexity index is 1170. The molecular formula is C23H20N4OS. The first-order valence-electron chi connectivity index (χ1n) is 9.66. The number of anilines is 1. The van der Waals surface area contributed by atoms with Crippen molar-refractivity contribution in [1.82, 2.24) is 14.9 Å². The first-order valence-corrected chi connectivity index (χ1v) is 10.5. The molecule has 5 nitrogen and oxygen atoms in total. The van der Waals surface area contributed by atoms with Gasteiger partial charge in [0.15, 0.2) is 0 Å². The molecule has 6 heteroatoms. The number of carbonyl (C=O) groups is 1. The minimum Gasteiger partial charge on any atom is -0.383 e. The second kappa shape index (κ2) is 7.29. The van der Waals surface area contributed by atoms with Crippen LogP contribution in [0.5, 0.6) is 0 Å². The van der Waals surface area contributed by atoms with Gasteiger partial charge in [0.2, 0.25) is 6.41 Å². The van der Waals surface area contributed by atoms with Crippen LogP contribution in [0.1, 0.15) is 24.4 Å². The predicted molar refractivity (Wildman–Crippen MR) is 117 cm³/mol. The highest BCUT2D eigenvalue weighted by Gasteiger charge is 2.24. The van der Waals surface area contributed by atoms with E-state index in [4.69, 9.17) is 10.7 Å². The van der Waals surface area contributed by atoms with Crippen LogP contribution in [0.15, 0.2) is 60.8 Å². The summed E-state index contributed by atoms with van der Waals surface area (Å²) in [6, 6.07) is 18.6. The molecule has 4 aromatic rings. The van der Waals surface area contributed by atoms with Crippen molar-refractivity contribution in [2.45, 2.75) is 18.9 Å². The van der Waals surface area contributed by atoms with Gasteiger partial charge in [0.1, 0.15) is 10.8 Å². The molecule has 0 saturated carbocycles. The van der Waals surface area contributed by atoms with Gasteiger partial charge in [-0.25, -0.2) is 9.97 Å². The number of aromatic nitrogens is 2. The molecule has 1 unspecified atom stereocenters. The number of rotatable bonds is 4. The van der Waals surface area contributed by atoms with Gasteiger partial charge in [-0.3, -0.25) is 4.79 Å². The average molecular weight is 401 g/mol. The molecule has 2 aromatic carbocycles. The number of likely N-dealkylation sites (tertiary alicyclic amines) is 1. The summed E-state index contributed by atoms with van der Waals surface area (Å²) in [4.78, 5) is 22.4. The Balaban J connectivity index is 1.55. The summed E-state index contributed by atoms with van der Waals surface area (Å²) in [7, 11) is 0. The Hall–Kier alpha value is -3.25. The fourth-order valence-corrected chi connectivity index (χ4v) is 4.98. The van der Waals surface area contributed by atoms with Gasteiger partial charge in [-0.1, -0.05) is 30.3 Å². The first-order chi connectivity index (χ1) is 14.2. The van der Waals surface area contributed by atoms with Crippen molar-refractivity contribution in [2.24, 2.45) is 0 Å². The van der Waals surface area contributed by atoms with E-state index < -0.39 is 0 Å². The van der Waals surface area contributed by atoms with E-state index in [1.165, 1.54) is 0 Å². The molecule has 0 spiro atoms. The molecule has 2 aromatic heterocycles. The van der Waals surface area contributed by atoms with E-state index in [9.17, 15) is 4.79 Å². The van der Waals surface area contributed by atoms with Crippen LogP contribution in [0.2, 0.25) is 0 Å². The summed E-state index contributed by atoms with van der Waals surface area (Å²) in [5.74, 6) is 0.479. The molecule has 1 aliphatic rings. The second-order valence-corrected chi connectivity index (χ2v) is 8.30. The Morgan fingerprint density at radius 3 is 2.86 bits per heavy atom. The molecule has 0 bridgehead atoms. The van der Waals surface area contributed by atoms with Gasteiger partial charge < -0.3 is 10.6 Å². The summed E-state index contributed by atoms with van der Waals surface area (Å²) < 4.78 is 1.13. The maximum Gasteiger partial charge on any atom is 0.210 e. The van der Waals surface area contributed by atoms with E-state index in [2.05, 4.69) is 35.3 Å². The lowest BCUT2D eigenvalue weighted by Crippen LogP contribution is -2.21. The number of nitrogens with zero attached hydrogens (tertiary/aromatic N) is 3. The van der Waals surface area contributed by atoms with E-state index in [0.717, 1.165) is 63.3 Å². The molecule has 1 amide bonds. The number of carbonyl (C=O) groups excluding carboxylic acids is 1. The summed E-state index contributed by atoms with van der Waals surface area (Å²) in [6.07, 6.45) is 4.80. The highest BCUT2D eigenvalue weighted by molar-refractivity contribution is 7.21. The molecule has 1 fully saturated rings. The van der Waals surface area contributed by atoms with Gasteiger partial charge in [0, 0.05) is 18.3 Å². The fraction of sp³-hybridized carbons (Fsp3) is 0.174. The van der Waals surface area contributed by atoms with Crippen LogP contribution < -0.4 is 5.73 Å². The van der Waals surface area contributed by atoms with Gasteiger partial charge in [0.05, 0.1) is 21.8 Å². The van der Waals surface area contributed by atoms with E-state index in [1.807, 2.05) is 29.2 Å². The largest absolute Gasteiger partial charge is 0.383 e. The van der Waals surface area contributed by atoms with Crippen molar-refractivity contribution in [3.63, 3.8) is 0 Å². The van der Waals surface area contributed by atoms with E-state index >= 15 is 0 Å². The van der Waals surface area contributed by atoms with Crippen LogP contribution in [0, 0.1) is 0 Å². The van der Waals surface area contributed by atoms with Crippen LogP contribution in [-0.2, 0) is 4.79 Å². The lowest BCUT2D eigenvalue weighted by Gasteiger charge is -2.21. The zero-order valence-electron chi connectivity index (χ0n) is 15.8. The topological polar surface area (TPSA) is 72.1 Å². The number of nitrogen functional groups attached to an aromatic ring is 1. The molecule has 0 aliphatic carbocycles. The molecule has 1 aliphatic heterocycles. The lowest BCUT2D eigenvalue weighted by molar-refractivity contribution is -0.118. The van der Waals surface area contributed by atoms with Crippen molar-refractivity contribution in [3.8, 4) is 21.7 Å². The Morgan fingerprint density at radius 2 is 2.00 bits per heavy atom. The van der Waals surface area contributed by atoms with Crippen molar-refractivity contribution in [2.75, 3.05) is 12.3 Å². The minimum atomic E-state index is 0.151. The summed E-state index contributed by atoms with van der Waals surface area (Å²) in [5.41, 5.74) is 11.2. The van der Waals surface area contributed by atoms with Crippen molar-refractivity contribution in [1.29, 1.82) is 0 Å². The number of fused-ring (bicyclic) bond motifs is 1. The van der Waals surface area contributed by atoms with Gasteiger partial charge >= 0.3 is 0 Å². The van der Waals surface area contributed by atoms with Gasteiger partial charge in [0.25, 0.3) is 0 Å². The van der Waals surface area contributed by atoms with Crippen LogP contribution in [-0.4, -0.2) is 27.8 Å². The lowest BCUT2D eigenvalue weighted by atomic mass is 9.98. The van der Waals surface area contributed by atoms with Crippen molar-refractivity contribution in [3.05, 3.63) is 66.4 Å². The summed E-state index contributed by atoms with van der Waals surface area (Å²) >= 11 is 1.62. The van der Waals surface area contributed by atoms with Crippen molar-refractivity contribution >= 4 is 33.8 Å². The Kier molecular flexibility index (Phi) is 4.48. The first kappa shape index (κ1) is 17.8. The normalized spacial score (nSPS) is 16.4. The molecule has 2 N–H and O–H groups in total. The van der Waals surface area contributed by atoms with E-state index in [0.29, 0.717) is 5.82 Å². The highest BCUT2D eigenvalue weighted by atomic mass is 32.1. The van der Waals surface area contributed by atoms with Crippen LogP contribution in [0.25, 0.3) is 31.9 Å². The number of hydrogen-bond donors (Lipinski definition) is 1. The zero-order valence-corrected chi connectivity index (χ0v) is 16.6. The zero-order chi connectivity index (χ0) is 19.8. The molecule has 29 heavy (non-hydrogen) atoms. The number of amides is 1. The Morgan fingerprint density at radius 1 is 1.10 bits per heavy atom. The monoisotopic (exact) mass is 400 g/mol. The minimum absolute atomic E-state index is 0.151. The molecule has 5 rings (SSSR count). The quantitative estimate of drug-likeness (QED) is 0.495. The summed E-state index contributed by atoms with van der Waals surface area (Å²) in [5, 5.41) is 0.872. The van der Waals surface area contributed by atoms with Gasteiger partial charge in [-0.15, -0.1) is 11.3 Å². The standard InChI is InChI=1S/C23H20N4OS/c24-22-18(23-26-19-7-1-2-9-21(19)29-23)12-17(13-25-22)15-5-3-6-16(11-15)20-8-4-10-27(20)14-28/h1-3,5-7,9,11-14,20H,4,8,10H2,(H2,24,25). The number of pyridine rings is 1. The predicted octanol–water partition coefficient (Wildman–Crippen LogP) is 4.90. The third-order valence-corrected chi connectivity index (χ3v) is 6.55. The van der Waals surface area contributed by atoms with Crippen LogP contribution in [0.3, 0.4) is 0 Å². The van der Waals surface area contributed by atoms with Crippen molar-refractivity contribution < 1.29 is 4.79 Å². The van der Waals surface area contributed by atoms with Gasteiger partial charge in [-0.05, 0) is 48.2 Å². The number of benzene rings is 2. The fourth-order valence-electron chi connectivity index (χ4n) is 3.99. The smallest absolute Gasteiger partial charge is 0.210 e. The second-order valence-electron chi connectivity index (χ2n) is 7.27. The SMILES string of the molecule is Nc1ncc(-c2cccc(C3CCCN3C=O)c2)cc1-c1nc2ccccc2s1. The molecule has 1 atom stereocenters. The molecular weight excluding hydrogens is 380 g/mol. The maximum atomic E-state index is 11.4. The molecule has 3 heterocycles.